The molecule has 2 N–H and O–H groups in total. The van der Waals surface area contributed by atoms with Crippen molar-refractivity contribution >= 4 is 5.91 Å². The molecule has 1 aromatic heterocycles. The summed E-state index contributed by atoms with van der Waals surface area (Å²) in [6.45, 7) is 2.78. The molecule has 1 aromatic rings. The van der Waals surface area contributed by atoms with E-state index in [0.717, 1.165) is 32.5 Å². The number of aryl methyl sites for hydroxylation is 1. The van der Waals surface area contributed by atoms with Gasteiger partial charge in [0.1, 0.15) is 0 Å². The first-order chi connectivity index (χ1) is 7.66. The van der Waals surface area contributed by atoms with Crippen molar-refractivity contribution in [1.82, 2.24) is 9.47 Å². The average Bonchev–Trinajstić information content (AvgIpc) is 2.65. The lowest BCUT2D eigenvalue weighted by Gasteiger charge is -2.31. The maximum atomic E-state index is 11.2. The van der Waals surface area contributed by atoms with Crippen molar-refractivity contribution in [2.75, 3.05) is 13.1 Å². The summed E-state index contributed by atoms with van der Waals surface area (Å²) in [5.41, 5.74) is 6.64. The van der Waals surface area contributed by atoms with E-state index in [-0.39, 0.29) is 11.8 Å². The Balaban J connectivity index is 1.95. The largest absolute Gasteiger partial charge is 0.369 e. The van der Waals surface area contributed by atoms with Gasteiger partial charge in [-0.25, -0.2) is 0 Å². The summed E-state index contributed by atoms with van der Waals surface area (Å²) in [5, 5.41) is 0. The van der Waals surface area contributed by atoms with Crippen LogP contribution in [0.3, 0.4) is 0 Å². The number of carbonyl (C=O) groups excluding carboxylic acids is 1. The van der Waals surface area contributed by atoms with Crippen molar-refractivity contribution in [2.24, 2.45) is 18.7 Å². The van der Waals surface area contributed by atoms with Crippen molar-refractivity contribution in [3.05, 3.63) is 24.0 Å². The van der Waals surface area contributed by atoms with Gasteiger partial charge >= 0.3 is 0 Å². The van der Waals surface area contributed by atoms with Gasteiger partial charge in [-0.05, 0) is 31.5 Å². The summed E-state index contributed by atoms with van der Waals surface area (Å²) in [6, 6.07) is 4.17. The van der Waals surface area contributed by atoms with E-state index in [9.17, 15) is 4.79 Å². The van der Waals surface area contributed by atoms with Gasteiger partial charge in [0.25, 0.3) is 0 Å². The molecule has 0 aliphatic carbocycles. The Hall–Kier alpha value is -1.29. The van der Waals surface area contributed by atoms with Crippen molar-refractivity contribution in [3.8, 4) is 0 Å². The number of hydrogen-bond acceptors (Lipinski definition) is 2. The SMILES string of the molecule is Cn1cccc1CN1CCC[C@@H](C(N)=O)C1. The molecule has 1 fully saturated rings. The summed E-state index contributed by atoms with van der Waals surface area (Å²) in [7, 11) is 2.05. The molecule has 0 unspecified atom stereocenters. The molecule has 1 aliphatic heterocycles. The van der Waals surface area contributed by atoms with Gasteiger partial charge in [0.2, 0.25) is 5.91 Å². The fourth-order valence-corrected chi connectivity index (χ4v) is 2.32. The normalized spacial score (nSPS) is 22.2. The number of rotatable bonds is 3. The smallest absolute Gasteiger partial charge is 0.221 e. The summed E-state index contributed by atoms with van der Waals surface area (Å²) in [5.74, 6) is -0.120. The number of likely N-dealkylation sites (tertiary alicyclic amines) is 1. The Labute approximate surface area is 96.0 Å². The first kappa shape index (κ1) is 11.2. The van der Waals surface area contributed by atoms with Gasteiger partial charge < -0.3 is 10.3 Å². The van der Waals surface area contributed by atoms with Crippen LogP contribution in [0, 0.1) is 5.92 Å². The molecule has 0 bridgehead atoms. The van der Waals surface area contributed by atoms with E-state index in [0.29, 0.717) is 0 Å². The average molecular weight is 221 g/mol. The lowest BCUT2D eigenvalue weighted by atomic mass is 9.97. The summed E-state index contributed by atoms with van der Waals surface area (Å²) < 4.78 is 2.12. The van der Waals surface area contributed by atoms with E-state index >= 15 is 0 Å². The quantitative estimate of drug-likeness (QED) is 0.817. The van der Waals surface area contributed by atoms with Gasteiger partial charge in [0, 0.05) is 32.0 Å². The van der Waals surface area contributed by atoms with Crippen LogP contribution < -0.4 is 5.73 Å². The second-order valence-corrected chi connectivity index (χ2v) is 4.59. The van der Waals surface area contributed by atoms with E-state index in [1.54, 1.807) is 0 Å². The second-order valence-electron chi connectivity index (χ2n) is 4.59. The number of nitrogens with two attached hydrogens (primary N) is 1. The zero-order chi connectivity index (χ0) is 11.5. The molecule has 4 nitrogen and oxygen atoms in total. The zero-order valence-electron chi connectivity index (χ0n) is 9.72. The first-order valence-corrected chi connectivity index (χ1v) is 5.78. The van der Waals surface area contributed by atoms with Gasteiger partial charge in [-0.15, -0.1) is 0 Å². The molecule has 16 heavy (non-hydrogen) atoms. The monoisotopic (exact) mass is 221 g/mol. The predicted octanol–water partition coefficient (Wildman–Crippen LogP) is 0.722. The molecular weight excluding hydrogens is 202 g/mol. The fourth-order valence-electron chi connectivity index (χ4n) is 2.32. The Morgan fingerprint density at radius 2 is 2.44 bits per heavy atom. The molecule has 1 amide bonds. The highest BCUT2D eigenvalue weighted by molar-refractivity contribution is 5.76. The highest BCUT2D eigenvalue weighted by atomic mass is 16.1. The van der Waals surface area contributed by atoms with Gasteiger partial charge in [0.15, 0.2) is 0 Å². The molecule has 0 saturated carbocycles. The van der Waals surface area contributed by atoms with E-state index in [2.05, 4.69) is 15.5 Å². The van der Waals surface area contributed by atoms with Crippen LogP contribution in [0.25, 0.3) is 0 Å². The molecule has 2 heterocycles. The molecule has 2 rings (SSSR count). The highest BCUT2D eigenvalue weighted by Crippen LogP contribution is 2.18. The maximum absolute atomic E-state index is 11.2. The number of primary amides is 1. The van der Waals surface area contributed by atoms with Crippen molar-refractivity contribution in [3.63, 3.8) is 0 Å². The Bertz CT molecular complexity index is 372. The van der Waals surface area contributed by atoms with Crippen LogP contribution in [0.1, 0.15) is 18.5 Å². The standard InChI is InChI=1S/C12H19N3O/c1-14-6-3-5-11(14)9-15-7-2-4-10(8-15)12(13)16/h3,5-6,10H,2,4,7-9H2,1H3,(H2,13,16)/t10-/m1/s1. The van der Waals surface area contributed by atoms with Crippen LogP contribution in [0.2, 0.25) is 0 Å². The lowest BCUT2D eigenvalue weighted by molar-refractivity contribution is -0.123. The summed E-state index contributed by atoms with van der Waals surface area (Å²) in [4.78, 5) is 13.5. The fraction of sp³-hybridized carbons (Fsp3) is 0.583. The summed E-state index contributed by atoms with van der Waals surface area (Å²) in [6.07, 6.45) is 4.06. The Morgan fingerprint density at radius 3 is 3.06 bits per heavy atom. The molecular formula is C12H19N3O. The molecule has 0 aromatic carbocycles. The van der Waals surface area contributed by atoms with E-state index in [1.807, 2.05) is 19.3 Å². The van der Waals surface area contributed by atoms with Gasteiger partial charge in [-0.3, -0.25) is 9.69 Å². The van der Waals surface area contributed by atoms with Gasteiger partial charge in [-0.2, -0.15) is 0 Å². The zero-order valence-corrected chi connectivity index (χ0v) is 9.72. The molecule has 1 aliphatic rings. The highest BCUT2D eigenvalue weighted by Gasteiger charge is 2.24. The minimum Gasteiger partial charge on any atom is -0.369 e. The van der Waals surface area contributed by atoms with E-state index < -0.39 is 0 Å². The summed E-state index contributed by atoms with van der Waals surface area (Å²) >= 11 is 0. The van der Waals surface area contributed by atoms with Crippen LogP contribution in [0.5, 0.6) is 0 Å². The number of nitrogens with zero attached hydrogens (tertiary/aromatic N) is 2. The minimum absolute atomic E-state index is 0.0361. The van der Waals surface area contributed by atoms with Gasteiger partial charge in [0.05, 0.1) is 5.92 Å². The van der Waals surface area contributed by atoms with Crippen LogP contribution in [-0.2, 0) is 18.4 Å². The number of carbonyl (C=O) groups is 1. The van der Waals surface area contributed by atoms with Crippen molar-refractivity contribution in [1.29, 1.82) is 0 Å². The number of aromatic nitrogens is 1. The van der Waals surface area contributed by atoms with Crippen LogP contribution in [0.4, 0.5) is 0 Å². The molecule has 4 heteroatoms. The van der Waals surface area contributed by atoms with E-state index in [4.69, 9.17) is 5.73 Å². The maximum Gasteiger partial charge on any atom is 0.221 e. The molecule has 0 spiro atoms. The number of amides is 1. The van der Waals surface area contributed by atoms with Crippen molar-refractivity contribution in [2.45, 2.75) is 19.4 Å². The number of piperidine rings is 1. The Kier molecular flexibility index (Phi) is 3.29. The van der Waals surface area contributed by atoms with E-state index in [1.165, 1.54) is 5.69 Å². The molecule has 1 atom stereocenters. The predicted molar refractivity (Wildman–Crippen MR) is 62.6 cm³/mol. The third kappa shape index (κ3) is 2.44. The number of hydrogen-bond donors (Lipinski definition) is 1. The first-order valence-electron chi connectivity index (χ1n) is 5.78. The molecule has 0 radical (unpaired) electrons. The van der Waals surface area contributed by atoms with Gasteiger partial charge in [-0.1, -0.05) is 0 Å². The van der Waals surface area contributed by atoms with Crippen LogP contribution in [-0.4, -0.2) is 28.5 Å². The Morgan fingerprint density at radius 1 is 1.62 bits per heavy atom. The topological polar surface area (TPSA) is 51.3 Å². The third-order valence-electron chi connectivity index (χ3n) is 3.34. The van der Waals surface area contributed by atoms with Crippen LogP contribution >= 0.6 is 0 Å². The van der Waals surface area contributed by atoms with Crippen molar-refractivity contribution < 1.29 is 4.79 Å². The molecule has 1 saturated heterocycles. The third-order valence-corrected chi connectivity index (χ3v) is 3.34. The minimum atomic E-state index is -0.156. The van der Waals surface area contributed by atoms with Crippen LogP contribution in [0.15, 0.2) is 18.3 Å². The second kappa shape index (κ2) is 4.70. The lowest BCUT2D eigenvalue weighted by Crippen LogP contribution is -2.40. The molecule has 88 valence electrons.